The Morgan fingerprint density at radius 3 is 2.60 bits per heavy atom. The van der Waals surface area contributed by atoms with E-state index in [9.17, 15) is 4.79 Å². The number of carboxylic acids is 1. The van der Waals surface area contributed by atoms with Gasteiger partial charge in [-0.15, -0.1) is 0 Å². The number of hydrogen-bond acceptors (Lipinski definition) is 3. The summed E-state index contributed by atoms with van der Waals surface area (Å²) >= 11 is 0. The van der Waals surface area contributed by atoms with Gasteiger partial charge in [0.05, 0.1) is 11.1 Å². The first-order valence-corrected chi connectivity index (χ1v) is 6.04. The molecule has 2 aromatic carbocycles. The van der Waals surface area contributed by atoms with Gasteiger partial charge in [0.2, 0.25) is 0 Å². The Kier molecular flexibility index (Phi) is 3.72. The zero-order chi connectivity index (χ0) is 14.7. The average molecular weight is 267 g/mol. The second-order valence-electron chi connectivity index (χ2n) is 4.45. The van der Waals surface area contributed by atoms with Crippen molar-refractivity contribution in [1.29, 1.82) is 5.26 Å². The first-order valence-electron chi connectivity index (χ1n) is 6.04. The second-order valence-corrected chi connectivity index (χ2v) is 4.45. The predicted octanol–water partition coefficient (Wildman–Crippen LogP) is 3.67. The number of aryl methyl sites for hydroxylation is 1. The van der Waals surface area contributed by atoms with Gasteiger partial charge in [-0.3, -0.25) is 0 Å². The molecule has 20 heavy (non-hydrogen) atoms. The van der Waals surface area contributed by atoms with Gasteiger partial charge in [-0.25, -0.2) is 4.79 Å². The summed E-state index contributed by atoms with van der Waals surface area (Å²) in [7, 11) is 0. The van der Waals surface area contributed by atoms with Crippen molar-refractivity contribution in [2.24, 2.45) is 0 Å². The molecule has 1 N–H and O–H groups in total. The summed E-state index contributed by atoms with van der Waals surface area (Å²) in [5.74, 6) is -0.147. The molecule has 0 fully saturated rings. The fourth-order valence-electron chi connectivity index (χ4n) is 1.90. The maximum Gasteiger partial charge on any atom is 0.336 e. The van der Waals surface area contributed by atoms with Gasteiger partial charge < -0.3 is 9.84 Å². The molecule has 4 nitrogen and oxygen atoms in total. The molecule has 0 aliphatic heterocycles. The molecule has 0 aliphatic rings. The van der Waals surface area contributed by atoms with Crippen LogP contribution < -0.4 is 4.74 Å². The summed E-state index contributed by atoms with van der Waals surface area (Å²) in [4.78, 5) is 11.1. The molecule has 2 rings (SSSR count). The van der Waals surface area contributed by atoms with E-state index in [4.69, 9.17) is 15.1 Å². The van der Waals surface area contributed by atoms with E-state index in [-0.39, 0.29) is 5.56 Å². The standard InChI is InChI=1S/C16H13NO3/c1-10-6-7-15(12(8-10)9-17)20-14-5-3-4-13(11(14)2)16(18)19/h3-8H,1-2H3,(H,18,19). The zero-order valence-electron chi connectivity index (χ0n) is 11.2. The maximum absolute atomic E-state index is 11.1. The van der Waals surface area contributed by atoms with Crippen molar-refractivity contribution in [3.63, 3.8) is 0 Å². The molecule has 0 amide bonds. The van der Waals surface area contributed by atoms with Crippen LogP contribution in [-0.4, -0.2) is 11.1 Å². The number of hydrogen-bond donors (Lipinski definition) is 1. The third kappa shape index (κ3) is 2.62. The Labute approximate surface area is 116 Å². The Hall–Kier alpha value is -2.80. The van der Waals surface area contributed by atoms with Crippen LogP contribution in [0.5, 0.6) is 11.5 Å². The molecule has 0 unspecified atom stereocenters. The summed E-state index contributed by atoms with van der Waals surface area (Å²) in [5, 5.41) is 18.2. The largest absolute Gasteiger partial charge is 0.478 e. The van der Waals surface area contributed by atoms with Crippen molar-refractivity contribution >= 4 is 5.97 Å². The summed E-state index contributed by atoms with van der Waals surface area (Å²) in [5.41, 5.74) is 2.10. The Bertz CT molecular complexity index is 714. The quantitative estimate of drug-likeness (QED) is 0.921. The fourth-order valence-corrected chi connectivity index (χ4v) is 1.90. The number of carboxylic acid groups (broad SMARTS) is 1. The molecular formula is C16H13NO3. The van der Waals surface area contributed by atoms with E-state index < -0.39 is 5.97 Å². The molecule has 2 aromatic rings. The minimum Gasteiger partial charge on any atom is -0.478 e. The van der Waals surface area contributed by atoms with Crippen LogP contribution in [0, 0.1) is 25.2 Å². The number of rotatable bonds is 3. The number of carbonyl (C=O) groups is 1. The Morgan fingerprint density at radius 1 is 1.20 bits per heavy atom. The molecule has 0 bridgehead atoms. The van der Waals surface area contributed by atoms with E-state index >= 15 is 0 Å². The number of benzene rings is 2. The summed E-state index contributed by atoms with van der Waals surface area (Å²) in [6.45, 7) is 3.57. The first kappa shape index (κ1) is 13.6. The Balaban J connectivity index is 2.44. The number of nitriles is 1. The normalized spacial score (nSPS) is 9.85. The van der Waals surface area contributed by atoms with Crippen molar-refractivity contribution in [2.75, 3.05) is 0 Å². The third-order valence-electron chi connectivity index (χ3n) is 2.99. The van der Waals surface area contributed by atoms with Crippen LogP contribution in [0.3, 0.4) is 0 Å². The van der Waals surface area contributed by atoms with Gasteiger partial charge in [-0.05, 0) is 43.7 Å². The van der Waals surface area contributed by atoms with Gasteiger partial charge in [0.1, 0.15) is 17.6 Å². The van der Waals surface area contributed by atoms with Gasteiger partial charge in [-0.2, -0.15) is 5.26 Å². The van der Waals surface area contributed by atoms with Crippen LogP contribution in [0.15, 0.2) is 36.4 Å². The molecule has 0 saturated heterocycles. The van der Waals surface area contributed by atoms with Crippen LogP contribution in [0.25, 0.3) is 0 Å². The highest BCUT2D eigenvalue weighted by Crippen LogP contribution is 2.29. The lowest BCUT2D eigenvalue weighted by Gasteiger charge is -2.11. The second kappa shape index (κ2) is 5.45. The number of aromatic carboxylic acids is 1. The van der Waals surface area contributed by atoms with Gasteiger partial charge in [0.25, 0.3) is 0 Å². The SMILES string of the molecule is Cc1ccc(Oc2cccc(C(=O)O)c2C)c(C#N)c1. The van der Waals surface area contributed by atoms with Gasteiger partial charge >= 0.3 is 5.97 Å². The molecule has 0 atom stereocenters. The zero-order valence-corrected chi connectivity index (χ0v) is 11.2. The van der Waals surface area contributed by atoms with Crippen molar-refractivity contribution in [3.8, 4) is 17.6 Å². The monoisotopic (exact) mass is 267 g/mol. The number of ether oxygens (including phenoxy) is 1. The van der Waals surface area contributed by atoms with Gasteiger partial charge in [0.15, 0.2) is 0 Å². The molecule has 0 saturated carbocycles. The molecule has 0 radical (unpaired) electrons. The topological polar surface area (TPSA) is 70.3 Å². The van der Waals surface area contributed by atoms with Crippen LogP contribution in [-0.2, 0) is 0 Å². The minimum atomic E-state index is -1.00. The van der Waals surface area contributed by atoms with Gasteiger partial charge in [-0.1, -0.05) is 12.1 Å². The fraction of sp³-hybridized carbons (Fsp3) is 0.125. The lowest BCUT2D eigenvalue weighted by atomic mass is 10.1. The minimum absolute atomic E-state index is 0.188. The van der Waals surface area contributed by atoms with Crippen molar-refractivity contribution in [2.45, 2.75) is 13.8 Å². The lowest BCUT2D eigenvalue weighted by Crippen LogP contribution is -2.01. The maximum atomic E-state index is 11.1. The van der Waals surface area contributed by atoms with E-state index in [1.165, 1.54) is 6.07 Å². The highest BCUT2D eigenvalue weighted by atomic mass is 16.5. The smallest absolute Gasteiger partial charge is 0.336 e. The van der Waals surface area contributed by atoms with Gasteiger partial charge in [0, 0.05) is 5.56 Å². The predicted molar refractivity (Wildman–Crippen MR) is 74.1 cm³/mol. The first-order chi connectivity index (χ1) is 9.52. The third-order valence-corrected chi connectivity index (χ3v) is 2.99. The molecule has 4 heteroatoms. The van der Waals surface area contributed by atoms with Crippen LogP contribution in [0.1, 0.15) is 27.0 Å². The summed E-state index contributed by atoms with van der Waals surface area (Å²) in [6.07, 6.45) is 0. The molecule has 0 spiro atoms. The van der Waals surface area contributed by atoms with Crippen molar-refractivity contribution in [3.05, 3.63) is 58.7 Å². The van der Waals surface area contributed by atoms with E-state index in [0.29, 0.717) is 22.6 Å². The van der Waals surface area contributed by atoms with E-state index in [1.54, 1.807) is 31.2 Å². The van der Waals surface area contributed by atoms with Crippen molar-refractivity contribution in [1.82, 2.24) is 0 Å². The van der Waals surface area contributed by atoms with Crippen LogP contribution in [0.2, 0.25) is 0 Å². The number of nitrogens with zero attached hydrogens (tertiary/aromatic N) is 1. The van der Waals surface area contributed by atoms with E-state index in [1.807, 2.05) is 13.0 Å². The molecule has 0 heterocycles. The molecule has 0 aliphatic carbocycles. The molecule has 0 aromatic heterocycles. The Morgan fingerprint density at radius 2 is 1.95 bits per heavy atom. The molecule has 100 valence electrons. The highest BCUT2D eigenvalue weighted by Gasteiger charge is 2.13. The van der Waals surface area contributed by atoms with Crippen LogP contribution >= 0.6 is 0 Å². The molecular weight excluding hydrogens is 254 g/mol. The highest BCUT2D eigenvalue weighted by molar-refractivity contribution is 5.90. The summed E-state index contributed by atoms with van der Waals surface area (Å²) in [6, 6.07) is 12.2. The summed E-state index contributed by atoms with van der Waals surface area (Å²) < 4.78 is 5.69. The van der Waals surface area contributed by atoms with Crippen LogP contribution in [0.4, 0.5) is 0 Å². The van der Waals surface area contributed by atoms with E-state index in [2.05, 4.69) is 6.07 Å². The van der Waals surface area contributed by atoms with E-state index in [0.717, 1.165) is 5.56 Å². The van der Waals surface area contributed by atoms with Crippen molar-refractivity contribution < 1.29 is 14.6 Å². The lowest BCUT2D eigenvalue weighted by molar-refractivity contribution is 0.0695. The average Bonchev–Trinajstić information content (AvgIpc) is 2.42.